The maximum absolute atomic E-state index is 14.5. The Morgan fingerprint density at radius 2 is 1.53 bits per heavy atom. The van der Waals surface area contributed by atoms with Gasteiger partial charge in [-0.05, 0) is 116 Å². The molecular formula is C39H47Cl2N3O4S. The normalized spacial score (nSPS) is 23.9. The van der Waals surface area contributed by atoms with E-state index in [9.17, 15) is 18.0 Å². The standard InChI is InChI=1S/C39H47Cl2N3O4S/c1-4-26(2)42-38(46)36(19-27-8-6-5-7-9-27)43(24-31-10-13-33(40)20-35(31)41)37(45)25-44(49(3,47)48)34-14-11-32(12-15-34)39-21-28-16-29(22-39)18-30(17-28)23-39/h5-15,20,26,28-30,36H,4,16-19,21-25H2,1-3H3,(H,42,46)/t26-,28?,29?,30?,36+,39?/m1/s1. The van der Waals surface area contributed by atoms with Crippen molar-refractivity contribution in [2.75, 3.05) is 17.1 Å². The van der Waals surface area contributed by atoms with Crippen molar-refractivity contribution < 1.29 is 18.0 Å². The summed E-state index contributed by atoms with van der Waals surface area (Å²) in [6.07, 6.45) is 9.72. The molecule has 3 aromatic carbocycles. The van der Waals surface area contributed by atoms with Gasteiger partial charge in [0.2, 0.25) is 21.8 Å². The van der Waals surface area contributed by atoms with Crippen LogP contribution >= 0.6 is 23.2 Å². The maximum atomic E-state index is 14.5. The largest absolute Gasteiger partial charge is 0.352 e. The zero-order valence-electron chi connectivity index (χ0n) is 28.6. The second-order valence-electron chi connectivity index (χ2n) is 14.8. The van der Waals surface area contributed by atoms with Gasteiger partial charge in [-0.25, -0.2) is 8.42 Å². The van der Waals surface area contributed by atoms with E-state index in [2.05, 4.69) is 17.4 Å². The first kappa shape index (κ1) is 35.7. The smallest absolute Gasteiger partial charge is 0.244 e. The zero-order chi connectivity index (χ0) is 34.9. The average Bonchev–Trinajstić information content (AvgIpc) is 3.05. The fourth-order valence-corrected chi connectivity index (χ4v) is 10.2. The van der Waals surface area contributed by atoms with Gasteiger partial charge < -0.3 is 10.2 Å². The first-order valence-corrected chi connectivity index (χ1v) is 20.1. The van der Waals surface area contributed by atoms with E-state index in [1.807, 2.05) is 56.3 Å². The predicted molar refractivity (Wildman–Crippen MR) is 197 cm³/mol. The molecule has 4 aliphatic carbocycles. The summed E-state index contributed by atoms with van der Waals surface area (Å²) >= 11 is 12.8. The van der Waals surface area contributed by atoms with Gasteiger partial charge in [-0.1, -0.05) is 78.7 Å². The summed E-state index contributed by atoms with van der Waals surface area (Å²) in [5, 5.41) is 3.85. The Balaban J connectivity index is 1.32. The zero-order valence-corrected chi connectivity index (χ0v) is 30.9. The van der Waals surface area contributed by atoms with Crippen LogP contribution < -0.4 is 9.62 Å². The monoisotopic (exact) mass is 723 g/mol. The lowest BCUT2D eigenvalue weighted by atomic mass is 9.48. The third kappa shape index (κ3) is 8.13. The molecule has 0 radical (unpaired) electrons. The molecule has 4 bridgehead atoms. The van der Waals surface area contributed by atoms with Crippen LogP contribution in [0.5, 0.6) is 0 Å². The van der Waals surface area contributed by atoms with Gasteiger partial charge in [0.1, 0.15) is 12.6 Å². The third-order valence-corrected chi connectivity index (χ3v) is 12.8. The van der Waals surface area contributed by atoms with Gasteiger partial charge in [-0.2, -0.15) is 0 Å². The van der Waals surface area contributed by atoms with Gasteiger partial charge in [-0.3, -0.25) is 13.9 Å². The van der Waals surface area contributed by atoms with E-state index in [-0.39, 0.29) is 30.3 Å². The molecule has 0 heterocycles. The second kappa shape index (κ2) is 14.7. The molecule has 49 heavy (non-hydrogen) atoms. The van der Waals surface area contributed by atoms with E-state index in [0.717, 1.165) is 33.9 Å². The van der Waals surface area contributed by atoms with Gasteiger partial charge in [0, 0.05) is 29.1 Å². The molecule has 10 heteroatoms. The highest BCUT2D eigenvalue weighted by atomic mass is 35.5. The molecule has 4 aliphatic rings. The Labute approximate surface area is 301 Å². The lowest BCUT2D eigenvalue weighted by Gasteiger charge is -2.57. The van der Waals surface area contributed by atoms with E-state index < -0.39 is 28.5 Å². The van der Waals surface area contributed by atoms with Crippen molar-refractivity contribution in [2.45, 2.75) is 89.3 Å². The molecule has 7 nitrogen and oxygen atoms in total. The fraction of sp³-hybridized carbons (Fsp3) is 0.487. The molecule has 2 atom stereocenters. The van der Waals surface area contributed by atoms with E-state index in [4.69, 9.17) is 23.2 Å². The second-order valence-corrected chi connectivity index (χ2v) is 17.5. The molecule has 2 amide bonds. The summed E-state index contributed by atoms with van der Waals surface area (Å²) in [4.78, 5) is 29.9. The predicted octanol–water partition coefficient (Wildman–Crippen LogP) is 7.78. The van der Waals surface area contributed by atoms with E-state index in [1.165, 1.54) is 49.0 Å². The summed E-state index contributed by atoms with van der Waals surface area (Å²) in [6.45, 7) is 3.41. The Bertz CT molecular complexity index is 1730. The van der Waals surface area contributed by atoms with Crippen molar-refractivity contribution in [1.82, 2.24) is 10.2 Å². The van der Waals surface area contributed by atoms with E-state index >= 15 is 0 Å². The molecule has 0 aliphatic heterocycles. The van der Waals surface area contributed by atoms with Crippen molar-refractivity contribution in [3.63, 3.8) is 0 Å². The third-order valence-electron chi connectivity index (χ3n) is 11.1. The molecule has 262 valence electrons. The molecule has 7 rings (SSSR count). The van der Waals surface area contributed by atoms with Gasteiger partial charge in [0.25, 0.3) is 0 Å². The molecule has 4 saturated carbocycles. The van der Waals surface area contributed by atoms with Crippen molar-refractivity contribution in [1.29, 1.82) is 0 Å². The van der Waals surface area contributed by atoms with Crippen molar-refractivity contribution in [2.24, 2.45) is 17.8 Å². The lowest BCUT2D eigenvalue weighted by molar-refractivity contribution is -0.140. The number of benzene rings is 3. The number of carbonyl (C=O) groups is 2. The minimum Gasteiger partial charge on any atom is -0.352 e. The van der Waals surface area contributed by atoms with E-state index in [1.54, 1.807) is 18.2 Å². The Morgan fingerprint density at radius 1 is 0.918 bits per heavy atom. The van der Waals surface area contributed by atoms with Gasteiger partial charge >= 0.3 is 0 Å². The van der Waals surface area contributed by atoms with Crippen molar-refractivity contribution >= 4 is 50.7 Å². The van der Waals surface area contributed by atoms with Crippen molar-refractivity contribution in [3.05, 3.63) is 99.5 Å². The summed E-state index contributed by atoms with van der Waals surface area (Å²) in [6, 6.07) is 21.3. The van der Waals surface area contributed by atoms with Gasteiger partial charge in [-0.15, -0.1) is 0 Å². The van der Waals surface area contributed by atoms with E-state index in [0.29, 0.717) is 27.7 Å². The number of hydrogen-bond donors (Lipinski definition) is 1. The summed E-state index contributed by atoms with van der Waals surface area (Å²) in [5.74, 6) is 1.54. The highest BCUT2D eigenvalue weighted by Gasteiger charge is 2.51. The number of nitrogens with zero attached hydrogens (tertiary/aromatic N) is 2. The van der Waals surface area contributed by atoms with Crippen LogP contribution in [0.2, 0.25) is 10.0 Å². The minimum atomic E-state index is -3.88. The lowest BCUT2D eigenvalue weighted by Crippen LogP contribution is -2.54. The highest BCUT2D eigenvalue weighted by molar-refractivity contribution is 7.92. The number of hydrogen-bond acceptors (Lipinski definition) is 4. The van der Waals surface area contributed by atoms with Crippen LogP contribution in [0.15, 0.2) is 72.8 Å². The maximum Gasteiger partial charge on any atom is 0.244 e. The van der Waals surface area contributed by atoms with Crippen molar-refractivity contribution in [3.8, 4) is 0 Å². The SMILES string of the molecule is CC[C@@H](C)NC(=O)[C@H](Cc1ccccc1)N(Cc1ccc(Cl)cc1Cl)C(=O)CN(c1ccc(C23CC4CC(CC(C4)C2)C3)cc1)S(C)(=O)=O. The van der Waals surface area contributed by atoms with Crippen LogP contribution in [0.3, 0.4) is 0 Å². The van der Waals surface area contributed by atoms with Crippen LogP contribution in [-0.2, 0) is 38.0 Å². The summed E-state index contributed by atoms with van der Waals surface area (Å²) in [5.41, 5.74) is 3.34. The molecule has 3 aromatic rings. The quantitative estimate of drug-likeness (QED) is 0.195. The van der Waals surface area contributed by atoms with Crippen LogP contribution in [0, 0.1) is 17.8 Å². The molecule has 4 fully saturated rings. The van der Waals surface area contributed by atoms with Gasteiger partial charge in [0.15, 0.2) is 0 Å². The first-order valence-electron chi connectivity index (χ1n) is 17.5. The molecule has 0 spiro atoms. The number of rotatable bonds is 13. The number of amides is 2. The number of anilines is 1. The topological polar surface area (TPSA) is 86.8 Å². The molecule has 1 N–H and O–H groups in total. The van der Waals surface area contributed by atoms with Crippen LogP contribution in [0.25, 0.3) is 0 Å². The minimum absolute atomic E-state index is 0.0111. The summed E-state index contributed by atoms with van der Waals surface area (Å²) in [7, 11) is -3.88. The first-order chi connectivity index (χ1) is 23.3. The number of sulfonamides is 1. The molecular weight excluding hydrogens is 677 g/mol. The average molecular weight is 725 g/mol. The van der Waals surface area contributed by atoms with Crippen LogP contribution in [0.1, 0.15) is 75.5 Å². The highest BCUT2D eigenvalue weighted by Crippen LogP contribution is 2.60. The number of carbonyl (C=O) groups excluding carboxylic acids is 2. The van der Waals surface area contributed by atoms with Crippen LogP contribution in [0.4, 0.5) is 5.69 Å². The number of nitrogens with one attached hydrogen (secondary N) is 1. The summed E-state index contributed by atoms with van der Waals surface area (Å²) < 4.78 is 27.9. The Hall–Kier alpha value is -3.07. The fourth-order valence-electron chi connectivity index (χ4n) is 8.89. The molecule has 0 unspecified atom stereocenters. The Morgan fingerprint density at radius 3 is 2.08 bits per heavy atom. The number of halogens is 2. The Kier molecular flexibility index (Phi) is 10.7. The van der Waals surface area contributed by atoms with Gasteiger partial charge in [0.05, 0.1) is 11.9 Å². The molecule has 0 aromatic heterocycles. The van der Waals surface area contributed by atoms with Crippen LogP contribution in [-0.4, -0.2) is 50.0 Å². The molecule has 0 saturated heterocycles.